The van der Waals surface area contributed by atoms with Crippen LogP contribution in [0.4, 0.5) is 18.9 Å². The van der Waals surface area contributed by atoms with Crippen LogP contribution in [0.3, 0.4) is 0 Å². The van der Waals surface area contributed by atoms with Crippen LogP contribution in [0.5, 0.6) is 0 Å². The van der Waals surface area contributed by atoms with Crippen LogP contribution in [-0.2, 0) is 12.6 Å². The van der Waals surface area contributed by atoms with E-state index in [4.69, 9.17) is 34.0 Å². The minimum absolute atomic E-state index is 0.00395. The molecule has 0 spiro atoms. The lowest BCUT2D eigenvalue weighted by Crippen LogP contribution is -2.31. The van der Waals surface area contributed by atoms with Crippen molar-refractivity contribution in [2.24, 2.45) is 16.3 Å². The van der Waals surface area contributed by atoms with Gasteiger partial charge in [-0.15, -0.1) is 0 Å². The molecule has 1 heterocycles. The van der Waals surface area contributed by atoms with E-state index in [0.717, 1.165) is 18.2 Å². The van der Waals surface area contributed by atoms with E-state index in [9.17, 15) is 18.0 Å². The van der Waals surface area contributed by atoms with Crippen LogP contribution in [0.2, 0.25) is 5.02 Å². The third-order valence-electron chi connectivity index (χ3n) is 4.84. The molecule has 4 N–H and O–H groups in total. The number of fused-ring (bicyclic) bond motifs is 1. The fourth-order valence-electron chi connectivity index (χ4n) is 3.53. The third kappa shape index (κ3) is 5.01. The molecular formula is C20H20ClF3N4O2S. The Kier molecular flexibility index (Phi) is 6.07. The second-order valence-corrected chi connectivity index (χ2v) is 8.90. The number of halogens is 4. The molecule has 6 nitrogen and oxygen atoms in total. The van der Waals surface area contributed by atoms with Gasteiger partial charge in [-0.2, -0.15) is 18.3 Å². The van der Waals surface area contributed by atoms with Crippen LogP contribution in [0, 0.1) is 12.3 Å². The first-order valence-electron chi connectivity index (χ1n) is 9.21. The summed E-state index contributed by atoms with van der Waals surface area (Å²) in [6.07, 6.45) is -3.44. The molecule has 0 atom stereocenters. The van der Waals surface area contributed by atoms with Gasteiger partial charge in [0.05, 0.1) is 22.0 Å². The van der Waals surface area contributed by atoms with Crippen molar-refractivity contribution >= 4 is 46.2 Å². The van der Waals surface area contributed by atoms with Gasteiger partial charge in [-0.1, -0.05) is 25.4 Å². The minimum atomic E-state index is -4.57. The number of carbonyl (C=O) groups excluding carboxylic acids is 1. The summed E-state index contributed by atoms with van der Waals surface area (Å²) in [5.41, 5.74) is 8.51. The van der Waals surface area contributed by atoms with E-state index in [2.05, 4.69) is 15.8 Å². The van der Waals surface area contributed by atoms with E-state index < -0.39 is 17.6 Å². The molecular weight excluding hydrogens is 453 g/mol. The number of hydrazone groups is 1. The molecule has 0 unspecified atom stereocenters. The standard InChI is InChI=1S/C20H20ClF3N4O2S/c1-9-15-13(27-28-18(25)31)7-19(2,3)8-14(15)30-16(9)17(29)26-12-6-10(20(22,23)24)4-5-11(12)21/h4-6H,7-8H2,1-3H3,(H,26,29)(H3,25,28,31)/b27-13-. The van der Waals surface area contributed by atoms with Crippen LogP contribution < -0.4 is 16.5 Å². The van der Waals surface area contributed by atoms with Crippen molar-refractivity contribution in [3.05, 3.63) is 51.4 Å². The number of benzene rings is 1. The molecule has 11 heteroatoms. The minimum Gasteiger partial charge on any atom is -0.455 e. The number of amides is 1. The summed E-state index contributed by atoms with van der Waals surface area (Å²) in [6, 6.07) is 2.70. The molecule has 0 saturated heterocycles. The highest BCUT2D eigenvalue weighted by Crippen LogP contribution is 2.39. The lowest BCUT2D eigenvalue weighted by Gasteiger charge is -2.29. The first-order valence-corrected chi connectivity index (χ1v) is 10.00. The topological polar surface area (TPSA) is 92.6 Å². The molecule has 1 aromatic carbocycles. The zero-order valence-corrected chi connectivity index (χ0v) is 18.5. The van der Waals surface area contributed by atoms with Crippen LogP contribution in [0.15, 0.2) is 27.7 Å². The molecule has 1 aromatic heterocycles. The number of furan rings is 1. The number of alkyl halides is 3. The quantitative estimate of drug-likeness (QED) is 0.431. The molecule has 31 heavy (non-hydrogen) atoms. The molecule has 3 rings (SSSR count). The second-order valence-electron chi connectivity index (χ2n) is 8.05. The molecule has 0 bridgehead atoms. The first kappa shape index (κ1) is 23.1. The smallest absolute Gasteiger partial charge is 0.416 e. The predicted octanol–water partition coefficient (Wildman–Crippen LogP) is 5.02. The average molecular weight is 473 g/mol. The van der Waals surface area contributed by atoms with E-state index in [1.165, 1.54) is 0 Å². The Morgan fingerprint density at radius 3 is 2.61 bits per heavy atom. The summed E-state index contributed by atoms with van der Waals surface area (Å²) in [7, 11) is 0. The maximum absolute atomic E-state index is 13.0. The molecule has 0 aliphatic heterocycles. The van der Waals surface area contributed by atoms with E-state index in [1.54, 1.807) is 6.92 Å². The SMILES string of the molecule is Cc1c(C(=O)Nc2cc(C(F)(F)F)ccc2Cl)oc2c1/C(=N\NC(N)=S)CC(C)(C)C2. The van der Waals surface area contributed by atoms with Gasteiger partial charge < -0.3 is 15.5 Å². The molecule has 0 radical (unpaired) electrons. The van der Waals surface area contributed by atoms with Crippen LogP contribution >= 0.6 is 23.8 Å². The largest absolute Gasteiger partial charge is 0.455 e. The number of hydrogen-bond acceptors (Lipinski definition) is 4. The number of hydrogen-bond donors (Lipinski definition) is 3. The number of thiocarbonyl (C=S) groups is 1. The van der Waals surface area contributed by atoms with Crippen molar-refractivity contribution in [3.63, 3.8) is 0 Å². The highest BCUT2D eigenvalue weighted by molar-refractivity contribution is 7.80. The molecule has 0 fully saturated rings. The number of nitrogens with one attached hydrogen (secondary N) is 2. The summed E-state index contributed by atoms with van der Waals surface area (Å²) < 4.78 is 44.9. The molecule has 1 amide bonds. The molecule has 166 valence electrons. The van der Waals surface area contributed by atoms with Crippen molar-refractivity contribution in [3.8, 4) is 0 Å². The molecule has 0 saturated carbocycles. The average Bonchev–Trinajstić information content (AvgIpc) is 2.95. The number of carbonyl (C=O) groups is 1. The van der Waals surface area contributed by atoms with Gasteiger partial charge in [0.15, 0.2) is 10.9 Å². The predicted molar refractivity (Wildman–Crippen MR) is 116 cm³/mol. The van der Waals surface area contributed by atoms with Crippen molar-refractivity contribution < 1.29 is 22.4 Å². The lowest BCUT2D eigenvalue weighted by molar-refractivity contribution is -0.137. The molecule has 1 aliphatic rings. The summed E-state index contributed by atoms with van der Waals surface area (Å²) in [6.45, 7) is 5.72. The lowest BCUT2D eigenvalue weighted by atomic mass is 9.75. The Bertz CT molecular complexity index is 1090. The normalized spacial score (nSPS) is 16.7. The maximum Gasteiger partial charge on any atom is 0.416 e. The first-order chi connectivity index (χ1) is 14.3. The Morgan fingerprint density at radius 2 is 2.00 bits per heavy atom. The summed E-state index contributed by atoms with van der Waals surface area (Å²) >= 11 is 10.8. The van der Waals surface area contributed by atoms with Crippen LogP contribution in [0.1, 0.15) is 53.3 Å². The number of rotatable bonds is 3. The Labute approximate surface area is 187 Å². The van der Waals surface area contributed by atoms with E-state index in [-0.39, 0.29) is 27.0 Å². The van der Waals surface area contributed by atoms with Gasteiger partial charge in [0.1, 0.15) is 5.76 Å². The summed E-state index contributed by atoms with van der Waals surface area (Å²) in [5, 5.41) is 6.63. The van der Waals surface area contributed by atoms with Gasteiger partial charge in [-0.3, -0.25) is 10.2 Å². The molecule has 2 aromatic rings. The summed E-state index contributed by atoms with van der Waals surface area (Å²) in [5.74, 6) is -0.190. The molecule has 1 aliphatic carbocycles. The Balaban J connectivity index is 1.98. The fraction of sp³-hybridized carbons (Fsp3) is 0.350. The van der Waals surface area contributed by atoms with Gasteiger partial charge in [-0.05, 0) is 49.2 Å². The van der Waals surface area contributed by atoms with Gasteiger partial charge in [0, 0.05) is 17.5 Å². The van der Waals surface area contributed by atoms with Crippen molar-refractivity contribution in [2.45, 2.75) is 39.8 Å². The van der Waals surface area contributed by atoms with E-state index >= 15 is 0 Å². The highest BCUT2D eigenvalue weighted by atomic mass is 35.5. The van der Waals surface area contributed by atoms with Gasteiger partial charge >= 0.3 is 6.18 Å². The maximum atomic E-state index is 13.0. The number of nitrogens with two attached hydrogens (primary N) is 1. The zero-order chi connectivity index (χ0) is 23.1. The number of nitrogens with zero attached hydrogens (tertiary/aromatic N) is 1. The van der Waals surface area contributed by atoms with E-state index in [0.29, 0.717) is 35.4 Å². The fourth-order valence-corrected chi connectivity index (χ4v) is 3.74. The van der Waals surface area contributed by atoms with Crippen molar-refractivity contribution in [1.82, 2.24) is 5.43 Å². The van der Waals surface area contributed by atoms with Crippen molar-refractivity contribution in [1.29, 1.82) is 0 Å². The Morgan fingerprint density at radius 1 is 1.32 bits per heavy atom. The zero-order valence-electron chi connectivity index (χ0n) is 16.9. The monoisotopic (exact) mass is 472 g/mol. The van der Waals surface area contributed by atoms with Crippen LogP contribution in [0.25, 0.3) is 0 Å². The highest BCUT2D eigenvalue weighted by Gasteiger charge is 2.36. The van der Waals surface area contributed by atoms with Gasteiger partial charge in [0.2, 0.25) is 0 Å². The summed E-state index contributed by atoms with van der Waals surface area (Å²) in [4.78, 5) is 12.9. The Hall–Kier alpha value is -2.59. The second kappa shape index (κ2) is 8.16. The third-order valence-corrected chi connectivity index (χ3v) is 5.26. The van der Waals surface area contributed by atoms with Gasteiger partial charge in [0.25, 0.3) is 5.91 Å². The van der Waals surface area contributed by atoms with Gasteiger partial charge in [-0.25, -0.2) is 0 Å². The van der Waals surface area contributed by atoms with Crippen LogP contribution in [-0.4, -0.2) is 16.7 Å². The van der Waals surface area contributed by atoms with Crippen molar-refractivity contribution in [2.75, 3.05) is 5.32 Å². The van der Waals surface area contributed by atoms with E-state index in [1.807, 2.05) is 13.8 Å². The number of anilines is 1.